The van der Waals surface area contributed by atoms with Crippen LogP contribution in [0.5, 0.6) is 28.7 Å². The molecular formula is C21H18O5. The fourth-order valence-corrected chi connectivity index (χ4v) is 2.30. The van der Waals surface area contributed by atoms with Gasteiger partial charge in [-0.2, -0.15) is 0 Å². The summed E-state index contributed by atoms with van der Waals surface area (Å²) in [6, 6.07) is 21.6. The molecule has 3 aromatic rings. The molecule has 0 N–H and O–H groups in total. The number of hydrogen-bond acceptors (Lipinski definition) is 5. The van der Waals surface area contributed by atoms with Crippen LogP contribution in [0.2, 0.25) is 0 Å². The van der Waals surface area contributed by atoms with Gasteiger partial charge in [0, 0.05) is 19.2 Å². The minimum absolute atomic E-state index is 0.0655. The van der Waals surface area contributed by atoms with E-state index in [0.717, 1.165) is 0 Å². The molecule has 0 radical (unpaired) electrons. The predicted octanol–water partition coefficient (Wildman–Crippen LogP) is 5.07. The molecule has 0 saturated carbocycles. The van der Waals surface area contributed by atoms with E-state index in [-0.39, 0.29) is 6.79 Å². The van der Waals surface area contributed by atoms with Crippen LogP contribution in [0.3, 0.4) is 0 Å². The second kappa shape index (κ2) is 8.69. The molecule has 3 aromatic carbocycles. The van der Waals surface area contributed by atoms with Crippen LogP contribution >= 0.6 is 0 Å². The molecule has 0 aliphatic carbocycles. The van der Waals surface area contributed by atoms with Crippen molar-refractivity contribution in [2.75, 3.05) is 13.9 Å². The molecule has 0 aliphatic rings. The molecule has 0 bridgehead atoms. The van der Waals surface area contributed by atoms with Gasteiger partial charge in [-0.15, -0.1) is 0 Å². The van der Waals surface area contributed by atoms with Gasteiger partial charge in [-0.25, -0.2) is 0 Å². The molecule has 0 heterocycles. The number of ether oxygens (including phenoxy) is 4. The van der Waals surface area contributed by atoms with Gasteiger partial charge in [0.2, 0.25) is 0 Å². The number of aldehydes is 1. The first-order chi connectivity index (χ1) is 12.8. The summed E-state index contributed by atoms with van der Waals surface area (Å²) in [7, 11) is 1.53. The lowest BCUT2D eigenvalue weighted by molar-refractivity contribution is 0.0509. The normalized spacial score (nSPS) is 10.2. The maximum Gasteiger partial charge on any atom is 0.188 e. The molecule has 0 unspecified atom stereocenters. The highest BCUT2D eigenvalue weighted by atomic mass is 16.7. The van der Waals surface area contributed by atoms with Crippen molar-refractivity contribution < 1.29 is 23.7 Å². The molecule has 0 amide bonds. The third-order valence-corrected chi connectivity index (χ3v) is 3.48. The van der Waals surface area contributed by atoms with E-state index in [1.54, 1.807) is 36.4 Å². The first kappa shape index (κ1) is 17.5. The Bertz CT molecular complexity index is 784. The van der Waals surface area contributed by atoms with Crippen molar-refractivity contribution in [3.05, 3.63) is 78.4 Å². The van der Waals surface area contributed by atoms with Gasteiger partial charge in [-0.05, 0) is 24.3 Å². The quantitative estimate of drug-likeness (QED) is 0.419. The summed E-state index contributed by atoms with van der Waals surface area (Å²) in [6.07, 6.45) is 0.705. The first-order valence-corrected chi connectivity index (χ1v) is 8.01. The number of carbonyl (C=O) groups excluding carboxylic acids is 1. The number of benzene rings is 3. The van der Waals surface area contributed by atoms with E-state index in [0.29, 0.717) is 40.6 Å². The second-order valence-electron chi connectivity index (χ2n) is 5.33. The van der Waals surface area contributed by atoms with Crippen molar-refractivity contribution in [3.63, 3.8) is 0 Å². The molecule has 0 saturated heterocycles. The van der Waals surface area contributed by atoms with Crippen molar-refractivity contribution in [3.8, 4) is 28.7 Å². The summed E-state index contributed by atoms with van der Waals surface area (Å²) >= 11 is 0. The topological polar surface area (TPSA) is 54.0 Å². The monoisotopic (exact) mass is 350 g/mol. The molecule has 0 atom stereocenters. The van der Waals surface area contributed by atoms with Crippen LogP contribution in [0, 0.1) is 0 Å². The van der Waals surface area contributed by atoms with Gasteiger partial charge in [0.1, 0.15) is 28.7 Å². The van der Waals surface area contributed by atoms with Crippen molar-refractivity contribution >= 4 is 6.29 Å². The van der Waals surface area contributed by atoms with E-state index < -0.39 is 0 Å². The number of rotatable bonds is 8. The van der Waals surface area contributed by atoms with Crippen LogP contribution in [0.15, 0.2) is 72.8 Å². The van der Waals surface area contributed by atoms with Gasteiger partial charge in [-0.3, -0.25) is 4.79 Å². The third-order valence-electron chi connectivity index (χ3n) is 3.48. The highest BCUT2D eigenvalue weighted by molar-refractivity contribution is 5.85. The van der Waals surface area contributed by atoms with Gasteiger partial charge >= 0.3 is 0 Å². The Kier molecular flexibility index (Phi) is 5.85. The van der Waals surface area contributed by atoms with E-state index in [1.807, 2.05) is 36.4 Å². The summed E-state index contributed by atoms with van der Waals surface area (Å²) in [5.41, 5.74) is 0.294. The van der Waals surface area contributed by atoms with Crippen molar-refractivity contribution in [2.45, 2.75) is 0 Å². The van der Waals surface area contributed by atoms with E-state index in [2.05, 4.69) is 0 Å². The highest BCUT2D eigenvalue weighted by Gasteiger charge is 2.16. The maximum atomic E-state index is 11.7. The van der Waals surface area contributed by atoms with E-state index in [9.17, 15) is 4.79 Å². The zero-order chi connectivity index (χ0) is 18.2. The first-order valence-electron chi connectivity index (χ1n) is 8.01. The molecule has 5 nitrogen and oxygen atoms in total. The predicted molar refractivity (Wildman–Crippen MR) is 97.4 cm³/mol. The summed E-state index contributed by atoms with van der Waals surface area (Å²) in [5, 5.41) is 0. The van der Waals surface area contributed by atoms with Crippen LogP contribution in [0.1, 0.15) is 10.4 Å². The van der Waals surface area contributed by atoms with E-state index in [4.69, 9.17) is 18.9 Å². The van der Waals surface area contributed by atoms with Gasteiger partial charge in [-0.1, -0.05) is 36.4 Å². The molecule has 0 spiro atoms. The SMILES string of the molecule is COCOc1cc(Oc2ccccc2)c(C=O)c(Oc2ccccc2)c1. The zero-order valence-electron chi connectivity index (χ0n) is 14.3. The standard InChI is InChI=1S/C21H18O5/c1-23-15-24-18-12-20(25-16-8-4-2-5-9-16)19(14-22)21(13-18)26-17-10-6-3-7-11-17/h2-14H,15H2,1H3. The van der Waals surface area contributed by atoms with Crippen molar-refractivity contribution in [1.82, 2.24) is 0 Å². The Morgan fingerprint density at radius 2 is 1.27 bits per heavy atom. The molecule has 5 heteroatoms. The largest absolute Gasteiger partial charge is 0.467 e. The van der Waals surface area contributed by atoms with Crippen LogP contribution < -0.4 is 14.2 Å². The summed E-state index contributed by atoms with van der Waals surface area (Å²) < 4.78 is 22.2. The smallest absolute Gasteiger partial charge is 0.188 e. The van der Waals surface area contributed by atoms with Gasteiger partial charge in [0.05, 0.1) is 5.56 Å². The molecule has 0 aromatic heterocycles. The molecule has 0 aliphatic heterocycles. The average Bonchev–Trinajstić information content (AvgIpc) is 2.68. The molecular weight excluding hydrogens is 332 g/mol. The summed E-state index contributed by atoms with van der Waals surface area (Å²) in [4.78, 5) is 11.7. The Morgan fingerprint density at radius 3 is 1.69 bits per heavy atom. The van der Waals surface area contributed by atoms with Crippen molar-refractivity contribution in [1.29, 1.82) is 0 Å². The van der Waals surface area contributed by atoms with E-state index >= 15 is 0 Å². The Labute approximate surface area is 151 Å². The number of hydrogen-bond donors (Lipinski definition) is 0. The van der Waals surface area contributed by atoms with Crippen LogP contribution in [0.25, 0.3) is 0 Å². The fraction of sp³-hybridized carbons (Fsp3) is 0.0952. The van der Waals surface area contributed by atoms with Gasteiger partial charge < -0.3 is 18.9 Å². The minimum Gasteiger partial charge on any atom is -0.467 e. The Balaban J connectivity index is 2.00. The number of methoxy groups -OCH3 is 1. The molecule has 132 valence electrons. The second-order valence-corrected chi connectivity index (χ2v) is 5.33. The van der Waals surface area contributed by atoms with Crippen molar-refractivity contribution in [2.24, 2.45) is 0 Å². The van der Waals surface area contributed by atoms with Crippen LogP contribution in [-0.4, -0.2) is 20.2 Å². The number of carbonyl (C=O) groups is 1. The lowest BCUT2D eigenvalue weighted by Crippen LogP contribution is -2.01. The lowest BCUT2D eigenvalue weighted by atomic mass is 10.1. The molecule has 0 fully saturated rings. The molecule has 3 rings (SSSR count). The summed E-state index contributed by atoms with van der Waals surface area (Å²) in [6.45, 7) is 0.0655. The minimum atomic E-state index is 0.0655. The fourth-order valence-electron chi connectivity index (χ4n) is 2.30. The number of para-hydroxylation sites is 2. The van der Waals surface area contributed by atoms with Gasteiger partial charge in [0.25, 0.3) is 0 Å². The Hall–Kier alpha value is -3.31. The average molecular weight is 350 g/mol. The van der Waals surface area contributed by atoms with Crippen LogP contribution in [-0.2, 0) is 4.74 Å². The van der Waals surface area contributed by atoms with E-state index in [1.165, 1.54) is 7.11 Å². The molecule has 26 heavy (non-hydrogen) atoms. The maximum absolute atomic E-state index is 11.7. The summed E-state index contributed by atoms with van der Waals surface area (Å²) in [5.74, 6) is 2.35. The third kappa shape index (κ3) is 4.40. The highest BCUT2D eigenvalue weighted by Crippen LogP contribution is 2.37. The Morgan fingerprint density at radius 1 is 0.769 bits per heavy atom. The zero-order valence-corrected chi connectivity index (χ0v) is 14.3. The lowest BCUT2D eigenvalue weighted by Gasteiger charge is -2.15. The van der Waals surface area contributed by atoms with Crippen LogP contribution in [0.4, 0.5) is 0 Å². The van der Waals surface area contributed by atoms with Gasteiger partial charge in [0.15, 0.2) is 13.1 Å².